The quantitative estimate of drug-likeness (QED) is 0.594. The van der Waals surface area contributed by atoms with Gasteiger partial charge in [0.1, 0.15) is 0 Å². The molecule has 1 N–H and O–H groups in total. The lowest BCUT2D eigenvalue weighted by atomic mass is 10.1. The molecular weight excluding hydrogens is 366 g/mol. The Bertz CT molecular complexity index is 596. The number of nitrogens with zero attached hydrogens (tertiary/aromatic N) is 2. The zero-order valence-corrected chi connectivity index (χ0v) is 17.6. The second kappa shape index (κ2) is 10.4. The van der Waals surface area contributed by atoms with E-state index >= 15 is 0 Å². The van der Waals surface area contributed by atoms with Gasteiger partial charge in [-0.05, 0) is 45.2 Å². The van der Waals surface area contributed by atoms with E-state index in [1.165, 1.54) is 0 Å². The van der Waals surface area contributed by atoms with Crippen molar-refractivity contribution in [2.45, 2.75) is 70.9 Å². The first-order chi connectivity index (χ1) is 12.9. The molecule has 0 aromatic heterocycles. The minimum absolute atomic E-state index is 0.0274. The first-order valence-electron chi connectivity index (χ1n) is 10.4. The molecule has 0 spiro atoms. The van der Waals surface area contributed by atoms with Crippen molar-refractivity contribution in [3.63, 3.8) is 0 Å². The topological polar surface area (TPSA) is 86.8 Å². The highest BCUT2D eigenvalue weighted by atomic mass is 32.2. The van der Waals surface area contributed by atoms with Gasteiger partial charge in [-0.25, -0.2) is 8.42 Å². The van der Waals surface area contributed by atoms with Crippen molar-refractivity contribution in [1.29, 1.82) is 0 Å². The summed E-state index contributed by atoms with van der Waals surface area (Å²) in [5.41, 5.74) is 0. The van der Waals surface area contributed by atoms with Crippen LogP contribution in [0.25, 0.3) is 0 Å². The minimum atomic E-state index is -3.10. The lowest BCUT2D eigenvalue weighted by molar-refractivity contribution is -0.131. The number of hydrogen-bond acceptors (Lipinski definition) is 5. The van der Waals surface area contributed by atoms with Gasteiger partial charge in [-0.2, -0.15) is 0 Å². The summed E-state index contributed by atoms with van der Waals surface area (Å²) in [4.78, 5) is 28.7. The van der Waals surface area contributed by atoms with E-state index in [1.807, 2.05) is 4.90 Å². The highest BCUT2D eigenvalue weighted by Gasteiger charge is 2.42. The molecule has 0 aliphatic carbocycles. The molecular formula is C19H35N3O4S. The monoisotopic (exact) mass is 401 g/mol. The molecule has 27 heavy (non-hydrogen) atoms. The molecule has 2 rings (SSSR count). The number of rotatable bonds is 10. The molecule has 2 unspecified atom stereocenters. The molecule has 2 amide bonds. The summed E-state index contributed by atoms with van der Waals surface area (Å²) >= 11 is 0. The molecule has 2 heterocycles. The van der Waals surface area contributed by atoms with Gasteiger partial charge in [0.25, 0.3) is 0 Å². The summed E-state index contributed by atoms with van der Waals surface area (Å²) in [6, 6.07) is -0.430. The highest BCUT2D eigenvalue weighted by molar-refractivity contribution is 7.91. The molecule has 0 bridgehead atoms. The second-order valence-corrected chi connectivity index (χ2v) is 9.95. The Morgan fingerprint density at radius 2 is 1.67 bits per heavy atom. The molecule has 2 aliphatic rings. The predicted molar refractivity (Wildman–Crippen MR) is 106 cm³/mol. The Hall–Kier alpha value is -1.15. The van der Waals surface area contributed by atoms with Crippen molar-refractivity contribution in [1.82, 2.24) is 15.1 Å². The molecule has 0 saturated carbocycles. The van der Waals surface area contributed by atoms with Crippen molar-refractivity contribution in [2.75, 3.05) is 37.7 Å². The van der Waals surface area contributed by atoms with Crippen LogP contribution in [0.4, 0.5) is 0 Å². The summed E-state index contributed by atoms with van der Waals surface area (Å²) in [5.74, 6) is 0.121. The van der Waals surface area contributed by atoms with Crippen molar-refractivity contribution in [3.8, 4) is 0 Å². The molecule has 7 nitrogen and oxygen atoms in total. The third-order valence-electron chi connectivity index (χ3n) is 5.41. The van der Waals surface area contributed by atoms with Gasteiger partial charge < -0.3 is 10.2 Å². The first kappa shape index (κ1) is 22.1. The molecule has 2 aliphatic heterocycles. The van der Waals surface area contributed by atoms with E-state index < -0.39 is 9.84 Å². The third-order valence-corrected chi connectivity index (χ3v) is 7.13. The van der Waals surface area contributed by atoms with Crippen LogP contribution in [0.5, 0.6) is 0 Å². The summed E-state index contributed by atoms with van der Waals surface area (Å²) in [6.07, 6.45) is 5.17. The standard InChI is InChI=1S/C19H35N3O4S/c1-3-10-22(11-4-2)19(24)9-7-8-18(23)20-16-14-27(25,26)15-17(16)21-12-5-6-13-21/h16-17H,3-15H2,1-2H3,(H,20,23). The van der Waals surface area contributed by atoms with Crippen molar-refractivity contribution >= 4 is 21.7 Å². The number of carbonyl (C=O) groups excluding carboxylic acids is 2. The Labute approximate surface area is 163 Å². The van der Waals surface area contributed by atoms with Crippen LogP contribution in [0.1, 0.15) is 58.8 Å². The summed E-state index contributed by atoms with van der Waals surface area (Å²) < 4.78 is 24.1. The maximum atomic E-state index is 12.3. The van der Waals surface area contributed by atoms with Gasteiger partial charge in [-0.3, -0.25) is 14.5 Å². The predicted octanol–water partition coefficient (Wildman–Crippen LogP) is 1.18. The highest BCUT2D eigenvalue weighted by Crippen LogP contribution is 2.22. The van der Waals surface area contributed by atoms with Gasteiger partial charge in [0.05, 0.1) is 17.5 Å². The van der Waals surface area contributed by atoms with E-state index in [-0.39, 0.29) is 41.8 Å². The van der Waals surface area contributed by atoms with Crippen molar-refractivity contribution < 1.29 is 18.0 Å². The zero-order valence-electron chi connectivity index (χ0n) is 16.8. The van der Waals surface area contributed by atoms with E-state index in [4.69, 9.17) is 0 Å². The largest absolute Gasteiger partial charge is 0.351 e. The van der Waals surface area contributed by atoms with Crippen LogP contribution in [0, 0.1) is 0 Å². The van der Waals surface area contributed by atoms with Gasteiger partial charge in [0, 0.05) is 32.0 Å². The molecule has 0 aromatic rings. The molecule has 0 aromatic carbocycles. The van der Waals surface area contributed by atoms with Gasteiger partial charge in [-0.15, -0.1) is 0 Å². The number of likely N-dealkylation sites (tertiary alicyclic amines) is 1. The summed E-state index contributed by atoms with van der Waals surface area (Å²) in [6.45, 7) is 7.44. The maximum Gasteiger partial charge on any atom is 0.222 e. The fourth-order valence-electron chi connectivity index (χ4n) is 4.14. The van der Waals surface area contributed by atoms with E-state index in [0.29, 0.717) is 12.8 Å². The number of hydrogen-bond donors (Lipinski definition) is 1. The molecule has 8 heteroatoms. The zero-order chi connectivity index (χ0) is 19.9. The molecule has 2 saturated heterocycles. The Balaban J connectivity index is 1.79. The first-order valence-corrected chi connectivity index (χ1v) is 12.2. The lowest BCUT2D eigenvalue weighted by Crippen LogP contribution is -2.50. The van der Waals surface area contributed by atoms with Crippen LogP contribution >= 0.6 is 0 Å². The summed E-state index contributed by atoms with van der Waals surface area (Å²) in [7, 11) is -3.10. The fourth-order valence-corrected chi connectivity index (χ4v) is 6.09. The maximum absolute atomic E-state index is 12.3. The molecule has 2 fully saturated rings. The average molecular weight is 402 g/mol. The number of amides is 2. The number of nitrogens with one attached hydrogen (secondary N) is 1. The van der Waals surface area contributed by atoms with Crippen LogP contribution in [-0.4, -0.2) is 79.8 Å². The van der Waals surface area contributed by atoms with Crippen LogP contribution < -0.4 is 5.32 Å². The molecule has 156 valence electrons. The Kier molecular flexibility index (Phi) is 8.54. The van der Waals surface area contributed by atoms with E-state index in [0.717, 1.165) is 51.9 Å². The van der Waals surface area contributed by atoms with Gasteiger partial charge in [0.2, 0.25) is 11.8 Å². The van der Waals surface area contributed by atoms with Crippen LogP contribution in [0.2, 0.25) is 0 Å². The van der Waals surface area contributed by atoms with E-state index in [1.54, 1.807) is 0 Å². The number of carbonyl (C=O) groups is 2. The van der Waals surface area contributed by atoms with Crippen LogP contribution in [0.3, 0.4) is 0 Å². The molecule has 2 atom stereocenters. The van der Waals surface area contributed by atoms with Crippen LogP contribution in [-0.2, 0) is 19.4 Å². The van der Waals surface area contributed by atoms with Crippen molar-refractivity contribution in [3.05, 3.63) is 0 Å². The molecule has 0 radical (unpaired) electrons. The fraction of sp³-hybridized carbons (Fsp3) is 0.895. The average Bonchev–Trinajstić information content (AvgIpc) is 3.22. The van der Waals surface area contributed by atoms with Gasteiger partial charge in [0.15, 0.2) is 9.84 Å². The Morgan fingerprint density at radius 3 is 2.26 bits per heavy atom. The normalized spacial score (nSPS) is 24.8. The van der Waals surface area contributed by atoms with Gasteiger partial charge in [-0.1, -0.05) is 13.8 Å². The second-order valence-electron chi connectivity index (χ2n) is 7.80. The third kappa shape index (κ3) is 6.75. The van der Waals surface area contributed by atoms with Gasteiger partial charge >= 0.3 is 0 Å². The Morgan fingerprint density at radius 1 is 1.04 bits per heavy atom. The summed E-state index contributed by atoms with van der Waals surface area (Å²) in [5, 5.41) is 2.93. The van der Waals surface area contributed by atoms with Crippen LogP contribution in [0.15, 0.2) is 0 Å². The lowest BCUT2D eigenvalue weighted by Gasteiger charge is -2.28. The number of sulfone groups is 1. The minimum Gasteiger partial charge on any atom is -0.351 e. The SMILES string of the molecule is CCCN(CCC)C(=O)CCCC(=O)NC1CS(=O)(=O)CC1N1CCCC1. The van der Waals surface area contributed by atoms with Crippen molar-refractivity contribution in [2.24, 2.45) is 0 Å². The van der Waals surface area contributed by atoms with E-state index in [9.17, 15) is 18.0 Å². The smallest absolute Gasteiger partial charge is 0.222 e. The van der Waals surface area contributed by atoms with E-state index in [2.05, 4.69) is 24.1 Å².